The van der Waals surface area contributed by atoms with Crippen molar-refractivity contribution in [2.45, 2.75) is 39.2 Å². The highest BCUT2D eigenvalue weighted by atomic mass is 35.5. The Morgan fingerprint density at radius 3 is 2.79 bits per heavy atom. The number of halogens is 1. The first-order chi connectivity index (χ1) is 13.3. The van der Waals surface area contributed by atoms with Gasteiger partial charge in [-0.2, -0.15) is 5.26 Å². The normalized spacial score (nSPS) is 19.9. The van der Waals surface area contributed by atoms with Gasteiger partial charge in [0.05, 0.1) is 28.6 Å². The monoisotopic (exact) mass is 394 g/mol. The molecule has 1 aromatic carbocycles. The number of terminal acetylenes is 1. The molecule has 5 nitrogen and oxygen atoms in total. The van der Waals surface area contributed by atoms with Gasteiger partial charge in [0.2, 0.25) is 5.95 Å². The summed E-state index contributed by atoms with van der Waals surface area (Å²) in [4.78, 5) is 8.80. The maximum absolute atomic E-state index is 9.95. The minimum atomic E-state index is -0.296. The highest BCUT2D eigenvalue weighted by Crippen LogP contribution is 2.47. The molecule has 0 radical (unpaired) electrons. The van der Waals surface area contributed by atoms with Crippen molar-refractivity contribution < 1.29 is 5.11 Å². The first-order valence-corrected chi connectivity index (χ1v) is 9.66. The molecule has 6 heteroatoms. The molecule has 28 heavy (non-hydrogen) atoms. The van der Waals surface area contributed by atoms with Crippen molar-refractivity contribution in [1.82, 2.24) is 9.97 Å². The van der Waals surface area contributed by atoms with Crippen LogP contribution in [0.3, 0.4) is 0 Å². The molecule has 0 saturated heterocycles. The lowest BCUT2D eigenvalue weighted by Crippen LogP contribution is -2.50. The molecule has 144 valence electrons. The Morgan fingerprint density at radius 1 is 1.39 bits per heavy atom. The summed E-state index contributed by atoms with van der Waals surface area (Å²) < 4.78 is 0. The highest BCUT2D eigenvalue weighted by Gasteiger charge is 2.47. The van der Waals surface area contributed by atoms with Gasteiger partial charge in [0, 0.05) is 12.1 Å². The number of hydrogen-bond donors (Lipinski definition) is 2. The molecule has 0 bridgehead atoms. The summed E-state index contributed by atoms with van der Waals surface area (Å²) in [6.07, 6.45) is 8.79. The molecule has 0 aliphatic heterocycles. The van der Waals surface area contributed by atoms with Crippen LogP contribution in [0.15, 0.2) is 24.4 Å². The quantitative estimate of drug-likeness (QED) is 0.731. The van der Waals surface area contributed by atoms with E-state index in [0.717, 1.165) is 24.1 Å². The van der Waals surface area contributed by atoms with E-state index in [9.17, 15) is 10.4 Å². The van der Waals surface area contributed by atoms with E-state index in [-0.39, 0.29) is 11.5 Å². The molecule has 0 spiro atoms. The smallest absolute Gasteiger partial charge is 0.222 e. The number of aliphatic hydroxyl groups is 1. The summed E-state index contributed by atoms with van der Waals surface area (Å²) in [5.41, 5.74) is 2.80. The largest absolute Gasteiger partial charge is 0.393 e. The number of hydrogen-bond acceptors (Lipinski definition) is 5. The van der Waals surface area contributed by atoms with Crippen LogP contribution in [0.1, 0.15) is 42.7 Å². The first-order valence-electron chi connectivity index (χ1n) is 9.28. The highest BCUT2D eigenvalue weighted by molar-refractivity contribution is 6.31. The maximum atomic E-state index is 9.95. The van der Waals surface area contributed by atoms with E-state index in [1.165, 1.54) is 0 Å². The zero-order valence-electron chi connectivity index (χ0n) is 16.0. The van der Waals surface area contributed by atoms with Gasteiger partial charge in [-0.3, -0.25) is 0 Å². The topological polar surface area (TPSA) is 81.8 Å². The van der Waals surface area contributed by atoms with Crippen molar-refractivity contribution in [3.63, 3.8) is 0 Å². The molecule has 3 rings (SSSR count). The predicted molar refractivity (Wildman–Crippen MR) is 110 cm³/mol. The van der Waals surface area contributed by atoms with E-state index >= 15 is 0 Å². The van der Waals surface area contributed by atoms with E-state index in [0.29, 0.717) is 41.0 Å². The van der Waals surface area contributed by atoms with Gasteiger partial charge < -0.3 is 10.4 Å². The predicted octanol–water partition coefficient (Wildman–Crippen LogP) is 3.59. The molecule has 2 atom stereocenters. The van der Waals surface area contributed by atoms with Crippen LogP contribution in [0.25, 0.3) is 0 Å². The van der Waals surface area contributed by atoms with E-state index < -0.39 is 0 Å². The molecule has 1 fully saturated rings. The zero-order valence-corrected chi connectivity index (χ0v) is 16.8. The Bertz CT molecular complexity index is 958. The van der Waals surface area contributed by atoms with Crippen molar-refractivity contribution >= 4 is 17.5 Å². The van der Waals surface area contributed by atoms with E-state index in [1.54, 1.807) is 6.20 Å². The summed E-state index contributed by atoms with van der Waals surface area (Å²) in [6.45, 7) is 4.73. The maximum Gasteiger partial charge on any atom is 0.222 e. The summed E-state index contributed by atoms with van der Waals surface area (Å²) >= 11 is 6.14. The second-order valence-corrected chi connectivity index (χ2v) is 8.18. The van der Waals surface area contributed by atoms with Crippen molar-refractivity contribution in [3.05, 3.63) is 51.8 Å². The van der Waals surface area contributed by atoms with Crippen LogP contribution in [-0.2, 0) is 12.8 Å². The van der Waals surface area contributed by atoms with E-state index in [2.05, 4.69) is 41.1 Å². The molecular formula is C22H23ClN4O. The number of nitrogens with one attached hydrogen (secondary N) is 1. The fourth-order valence-electron chi connectivity index (χ4n) is 3.47. The minimum absolute atomic E-state index is 0.158. The van der Waals surface area contributed by atoms with Gasteiger partial charge >= 0.3 is 0 Å². The number of rotatable bonds is 6. The molecule has 0 amide bonds. The number of nitriles is 1. The molecule has 2 aromatic rings. The summed E-state index contributed by atoms with van der Waals surface area (Å²) in [6, 6.07) is 7.83. The van der Waals surface area contributed by atoms with Crippen LogP contribution in [0.4, 0.5) is 5.95 Å². The van der Waals surface area contributed by atoms with E-state index in [1.807, 2.05) is 18.2 Å². The van der Waals surface area contributed by atoms with Crippen LogP contribution in [0, 0.1) is 35.0 Å². The van der Waals surface area contributed by atoms with Crippen LogP contribution in [0.5, 0.6) is 0 Å². The zero-order chi connectivity index (χ0) is 20.3. The van der Waals surface area contributed by atoms with Gasteiger partial charge in [-0.25, -0.2) is 9.97 Å². The Hall–Kier alpha value is -2.60. The van der Waals surface area contributed by atoms with Crippen LogP contribution >= 0.6 is 11.6 Å². The number of aromatic nitrogens is 2. The van der Waals surface area contributed by atoms with Gasteiger partial charge in [0.25, 0.3) is 0 Å². The molecule has 1 saturated carbocycles. The third-order valence-electron chi connectivity index (χ3n) is 5.73. The Balaban J connectivity index is 1.64. The molecule has 1 aromatic heterocycles. The third kappa shape index (κ3) is 4.12. The second-order valence-electron chi connectivity index (χ2n) is 7.78. The second kappa shape index (κ2) is 8.19. The SMILES string of the molecule is C#Cc1ccc(CCNc2ncc(C#N)c(C[C@@H]3C[C@H](O)C3(C)C)n2)cc1Cl. The third-order valence-corrected chi connectivity index (χ3v) is 6.05. The molecular weight excluding hydrogens is 372 g/mol. The average molecular weight is 395 g/mol. The molecule has 0 unspecified atom stereocenters. The van der Waals surface area contributed by atoms with Gasteiger partial charge in [0.1, 0.15) is 6.07 Å². The van der Waals surface area contributed by atoms with Crippen LogP contribution in [-0.4, -0.2) is 27.7 Å². The van der Waals surface area contributed by atoms with Crippen molar-refractivity contribution in [2.24, 2.45) is 11.3 Å². The fraction of sp³-hybridized carbons (Fsp3) is 0.409. The summed E-state index contributed by atoms with van der Waals surface area (Å²) in [7, 11) is 0. The Labute approximate surface area is 170 Å². The van der Waals surface area contributed by atoms with Crippen molar-refractivity contribution in [3.8, 4) is 18.4 Å². The number of aliphatic hydroxyl groups excluding tert-OH is 1. The lowest BCUT2D eigenvalue weighted by molar-refractivity contribution is -0.0978. The number of benzene rings is 1. The standard InChI is InChI=1S/C22H23ClN4O/c1-4-15-6-5-14(9-18(15)23)7-8-25-21-26-13-16(12-24)19(27-21)10-17-11-20(28)22(17,2)3/h1,5-6,9,13,17,20,28H,7-8,10-11H2,2-3H3,(H,25,26,27)/t17-,20+/m1/s1. The number of nitrogens with zero attached hydrogens (tertiary/aromatic N) is 3. The van der Waals surface area contributed by atoms with Crippen molar-refractivity contribution in [1.29, 1.82) is 5.26 Å². The van der Waals surface area contributed by atoms with Crippen LogP contribution < -0.4 is 5.32 Å². The molecule has 2 N–H and O–H groups in total. The minimum Gasteiger partial charge on any atom is -0.393 e. The van der Waals surface area contributed by atoms with Gasteiger partial charge in [-0.1, -0.05) is 37.4 Å². The van der Waals surface area contributed by atoms with Gasteiger partial charge in [-0.05, 0) is 48.3 Å². The molecule has 1 heterocycles. The lowest BCUT2D eigenvalue weighted by atomic mass is 9.58. The molecule has 1 aliphatic rings. The average Bonchev–Trinajstić information content (AvgIpc) is 2.68. The van der Waals surface area contributed by atoms with Crippen LogP contribution in [0.2, 0.25) is 5.02 Å². The lowest BCUT2D eigenvalue weighted by Gasteiger charge is -2.49. The first kappa shape index (κ1) is 20.1. The van der Waals surface area contributed by atoms with E-state index in [4.69, 9.17) is 18.0 Å². The summed E-state index contributed by atoms with van der Waals surface area (Å²) in [5, 5.41) is 23.1. The number of anilines is 1. The molecule has 1 aliphatic carbocycles. The Kier molecular flexibility index (Phi) is 5.89. The van der Waals surface area contributed by atoms with Gasteiger partial charge in [-0.15, -0.1) is 6.42 Å². The van der Waals surface area contributed by atoms with Crippen molar-refractivity contribution in [2.75, 3.05) is 11.9 Å². The summed E-state index contributed by atoms with van der Waals surface area (Å²) in [5.74, 6) is 3.34. The Morgan fingerprint density at radius 2 is 2.18 bits per heavy atom. The van der Waals surface area contributed by atoms with Gasteiger partial charge in [0.15, 0.2) is 0 Å². The fourth-order valence-corrected chi connectivity index (χ4v) is 3.73.